The van der Waals surface area contributed by atoms with Gasteiger partial charge in [0.2, 0.25) is 0 Å². The van der Waals surface area contributed by atoms with Gasteiger partial charge in [-0.15, -0.1) is 0 Å². The molecule has 0 saturated carbocycles. The lowest BCUT2D eigenvalue weighted by Crippen LogP contribution is -2.49. The number of aliphatic hydroxyl groups is 1. The van der Waals surface area contributed by atoms with Gasteiger partial charge in [-0.1, -0.05) is 84.6 Å². The SMILES string of the molecule is C=C\C=C(O)/C(=C\C=C/C)/C=N/NC(=O)CN1CCN(CC(/C=C\C)=C/C)CC1.CC.CC.CC. The Morgan fingerprint density at radius 2 is 1.46 bits per heavy atom. The molecule has 35 heavy (non-hydrogen) atoms. The summed E-state index contributed by atoms with van der Waals surface area (Å²) >= 11 is 0. The molecule has 6 nitrogen and oxygen atoms in total. The molecule has 1 aliphatic rings. The van der Waals surface area contributed by atoms with Crippen LogP contribution in [0.15, 0.2) is 77.2 Å². The van der Waals surface area contributed by atoms with Crippen LogP contribution in [0.1, 0.15) is 62.3 Å². The maximum Gasteiger partial charge on any atom is 0.254 e. The van der Waals surface area contributed by atoms with E-state index < -0.39 is 0 Å². The van der Waals surface area contributed by atoms with Gasteiger partial charge in [-0.2, -0.15) is 5.10 Å². The lowest BCUT2D eigenvalue weighted by Gasteiger charge is -2.34. The molecule has 0 unspecified atom stereocenters. The van der Waals surface area contributed by atoms with Crippen molar-refractivity contribution >= 4 is 12.1 Å². The van der Waals surface area contributed by atoms with E-state index in [0.717, 1.165) is 32.7 Å². The molecule has 1 fully saturated rings. The molecular weight excluding hydrogens is 436 g/mol. The summed E-state index contributed by atoms with van der Waals surface area (Å²) in [6.45, 7) is 26.3. The van der Waals surface area contributed by atoms with Crippen LogP contribution in [-0.2, 0) is 4.79 Å². The number of hydrazone groups is 1. The minimum absolute atomic E-state index is 0.0330. The van der Waals surface area contributed by atoms with Crippen LogP contribution in [0.4, 0.5) is 0 Å². The van der Waals surface area contributed by atoms with Crippen molar-refractivity contribution in [2.24, 2.45) is 5.10 Å². The summed E-state index contributed by atoms with van der Waals surface area (Å²) in [4.78, 5) is 16.7. The van der Waals surface area contributed by atoms with Crippen molar-refractivity contribution < 1.29 is 9.90 Å². The first-order valence-corrected chi connectivity index (χ1v) is 12.9. The highest BCUT2D eigenvalue weighted by Gasteiger charge is 2.18. The summed E-state index contributed by atoms with van der Waals surface area (Å²) in [5.41, 5.74) is 4.32. The molecule has 0 radical (unpaired) electrons. The zero-order chi connectivity index (χ0) is 27.5. The van der Waals surface area contributed by atoms with Crippen molar-refractivity contribution in [3.8, 4) is 0 Å². The second-order valence-electron chi connectivity index (χ2n) is 6.64. The zero-order valence-electron chi connectivity index (χ0n) is 23.8. The van der Waals surface area contributed by atoms with Gasteiger partial charge in [-0.25, -0.2) is 5.43 Å². The Morgan fingerprint density at radius 1 is 0.914 bits per heavy atom. The van der Waals surface area contributed by atoms with Crippen molar-refractivity contribution in [3.63, 3.8) is 0 Å². The van der Waals surface area contributed by atoms with Crippen LogP contribution in [0, 0.1) is 0 Å². The molecule has 1 aliphatic heterocycles. The molecule has 1 rings (SSSR count). The summed E-state index contributed by atoms with van der Waals surface area (Å²) in [5.74, 6) is -0.138. The van der Waals surface area contributed by atoms with Crippen LogP contribution in [-0.4, -0.2) is 66.3 Å². The number of nitrogens with one attached hydrogen (secondary N) is 1. The standard InChI is InChI=1S/C23H34N4O2.3C2H6/c1-5-9-12-21(22(28)11-7-3)17-24-25-23(29)19-27-15-13-26(14-16-27)18-20(8-4)10-6-2;3*1-2/h5-12,17,28H,3,13-16,18-19H2,1-2,4H3,(H,25,29);3*1-2H3/b9-5-,10-6-,20-8+,21-12-,22-11+,24-17+;;;. The summed E-state index contributed by atoms with van der Waals surface area (Å²) in [6, 6.07) is 0. The first-order chi connectivity index (χ1) is 17.0. The summed E-state index contributed by atoms with van der Waals surface area (Å²) in [6.07, 6.45) is 16.0. The number of piperazine rings is 1. The monoisotopic (exact) mass is 488 g/mol. The lowest BCUT2D eigenvalue weighted by molar-refractivity contribution is -0.122. The predicted octanol–water partition coefficient (Wildman–Crippen LogP) is 6.44. The maximum atomic E-state index is 12.2. The van der Waals surface area contributed by atoms with E-state index in [0.29, 0.717) is 12.1 Å². The molecule has 0 aromatic heterocycles. The number of rotatable bonds is 10. The quantitative estimate of drug-likeness (QED) is 0.161. The Bertz CT molecular complexity index is 708. The van der Waals surface area contributed by atoms with E-state index in [4.69, 9.17) is 0 Å². The van der Waals surface area contributed by atoms with Crippen molar-refractivity contribution in [1.82, 2.24) is 15.2 Å². The van der Waals surface area contributed by atoms with Crippen molar-refractivity contribution in [2.75, 3.05) is 39.3 Å². The third-order valence-electron chi connectivity index (χ3n) is 4.42. The minimum Gasteiger partial charge on any atom is -0.507 e. The number of allylic oxidation sites excluding steroid dienone is 8. The molecule has 0 spiro atoms. The van der Waals surface area contributed by atoms with Crippen LogP contribution >= 0.6 is 0 Å². The largest absolute Gasteiger partial charge is 0.507 e. The van der Waals surface area contributed by atoms with E-state index in [-0.39, 0.29) is 11.7 Å². The number of hydrogen-bond acceptors (Lipinski definition) is 5. The number of carbonyl (C=O) groups excluding carboxylic acids is 1. The maximum absolute atomic E-state index is 12.2. The lowest BCUT2D eigenvalue weighted by atomic mass is 10.2. The highest BCUT2D eigenvalue weighted by Crippen LogP contribution is 2.07. The molecule has 1 saturated heterocycles. The molecule has 1 heterocycles. The van der Waals surface area contributed by atoms with Crippen molar-refractivity contribution in [1.29, 1.82) is 0 Å². The van der Waals surface area contributed by atoms with Gasteiger partial charge < -0.3 is 5.11 Å². The Labute approximate surface area is 216 Å². The fourth-order valence-electron chi connectivity index (χ4n) is 2.83. The van der Waals surface area contributed by atoms with E-state index in [9.17, 15) is 9.90 Å². The fraction of sp³-hybridized carbons (Fsp3) is 0.517. The van der Waals surface area contributed by atoms with E-state index in [2.05, 4.69) is 52.1 Å². The van der Waals surface area contributed by atoms with Gasteiger partial charge >= 0.3 is 0 Å². The van der Waals surface area contributed by atoms with E-state index in [1.54, 1.807) is 12.2 Å². The van der Waals surface area contributed by atoms with E-state index in [1.807, 2.05) is 61.5 Å². The van der Waals surface area contributed by atoms with Crippen molar-refractivity contribution in [2.45, 2.75) is 62.3 Å². The van der Waals surface area contributed by atoms with Crippen LogP contribution < -0.4 is 5.43 Å². The number of amides is 1. The average Bonchev–Trinajstić information content (AvgIpc) is 2.90. The molecular formula is C29H52N4O2. The fourth-order valence-corrected chi connectivity index (χ4v) is 2.83. The van der Waals surface area contributed by atoms with Gasteiger partial charge in [0, 0.05) is 38.3 Å². The van der Waals surface area contributed by atoms with Crippen LogP contribution in [0.25, 0.3) is 0 Å². The third kappa shape index (κ3) is 19.3. The smallest absolute Gasteiger partial charge is 0.254 e. The molecule has 0 aromatic rings. The molecule has 0 bridgehead atoms. The number of carbonyl (C=O) groups is 1. The minimum atomic E-state index is -0.171. The van der Waals surface area contributed by atoms with Crippen LogP contribution in [0.3, 0.4) is 0 Å². The van der Waals surface area contributed by atoms with Gasteiger partial charge in [0.15, 0.2) is 0 Å². The molecule has 1 amide bonds. The zero-order valence-corrected chi connectivity index (χ0v) is 23.8. The average molecular weight is 489 g/mol. The number of aliphatic hydroxyl groups excluding tert-OH is 1. The van der Waals surface area contributed by atoms with Gasteiger partial charge in [-0.05, 0) is 38.5 Å². The molecule has 6 heteroatoms. The Kier molecular flexibility index (Phi) is 29.0. The highest BCUT2D eigenvalue weighted by atomic mass is 16.3. The summed E-state index contributed by atoms with van der Waals surface area (Å²) < 4.78 is 0. The van der Waals surface area contributed by atoms with E-state index in [1.165, 1.54) is 23.9 Å². The first kappa shape index (κ1) is 36.9. The van der Waals surface area contributed by atoms with E-state index >= 15 is 0 Å². The second-order valence-corrected chi connectivity index (χ2v) is 6.64. The molecule has 0 aliphatic carbocycles. The molecule has 0 aromatic carbocycles. The summed E-state index contributed by atoms with van der Waals surface area (Å²) in [7, 11) is 0. The second kappa shape index (κ2) is 27.5. The van der Waals surface area contributed by atoms with Gasteiger partial charge in [0.05, 0.1) is 12.8 Å². The Morgan fingerprint density at radius 3 is 1.91 bits per heavy atom. The van der Waals surface area contributed by atoms with Crippen LogP contribution in [0.5, 0.6) is 0 Å². The van der Waals surface area contributed by atoms with Gasteiger partial charge in [-0.3, -0.25) is 14.6 Å². The summed E-state index contributed by atoms with van der Waals surface area (Å²) in [5, 5.41) is 13.9. The first-order valence-electron chi connectivity index (χ1n) is 12.9. The Hall–Kier alpha value is -2.70. The normalized spacial score (nSPS) is 15.6. The molecule has 200 valence electrons. The molecule has 0 atom stereocenters. The van der Waals surface area contributed by atoms with Crippen molar-refractivity contribution in [3.05, 3.63) is 72.1 Å². The van der Waals surface area contributed by atoms with Gasteiger partial charge in [0.1, 0.15) is 5.76 Å². The topological polar surface area (TPSA) is 68.2 Å². The molecule has 2 N–H and O–H groups in total. The number of nitrogens with zero attached hydrogens (tertiary/aromatic N) is 3. The third-order valence-corrected chi connectivity index (χ3v) is 4.42. The number of hydrogen-bond donors (Lipinski definition) is 2. The van der Waals surface area contributed by atoms with Crippen LogP contribution in [0.2, 0.25) is 0 Å². The predicted molar refractivity (Wildman–Crippen MR) is 156 cm³/mol. The van der Waals surface area contributed by atoms with Gasteiger partial charge in [0.25, 0.3) is 5.91 Å². The Balaban J connectivity index is -0.00000158. The highest BCUT2D eigenvalue weighted by molar-refractivity contribution is 5.86.